The van der Waals surface area contributed by atoms with Gasteiger partial charge in [-0.15, -0.1) is 0 Å². The lowest BCUT2D eigenvalue weighted by Gasteiger charge is -2.10. The summed E-state index contributed by atoms with van der Waals surface area (Å²) in [6.07, 6.45) is 3.59. The Morgan fingerprint density at radius 2 is 2.21 bits per heavy atom. The number of aliphatic carboxylic acids is 1. The summed E-state index contributed by atoms with van der Waals surface area (Å²) in [6.45, 7) is 2.57. The van der Waals surface area contributed by atoms with Crippen LogP contribution in [0.1, 0.15) is 13.3 Å². The molecule has 76 valence electrons. The first kappa shape index (κ1) is 10.5. The molecule has 0 aromatic carbocycles. The minimum Gasteiger partial charge on any atom is -0.481 e. The van der Waals surface area contributed by atoms with Crippen molar-refractivity contribution in [2.45, 2.75) is 13.3 Å². The first-order valence-corrected chi connectivity index (χ1v) is 4.54. The maximum atomic E-state index is 10.4. The van der Waals surface area contributed by atoms with Gasteiger partial charge in [-0.25, -0.2) is 0 Å². The second kappa shape index (κ2) is 5.21. The monoisotopic (exact) mass is 194 g/mol. The highest BCUT2D eigenvalue weighted by molar-refractivity contribution is 5.67. The van der Waals surface area contributed by atoms with E-state index in [4.69, 9.17) is 5.11 Å². The van der Waals surface area contributed by atoms with Crippen LogP contribution in [0.5, 0.6) is 0 Å². The van der Waals surface area contributed by atoms with Crippen molar-refractivity contribution < 1.29 is 9.90 Å². The molecule has 0 aliphatic rings. The summed E-state index contributed by atoms with van der Waals surface area (Å²) >= 11 is 0. The number of carboxylic acid groups (broad SMARTS) is 1. The maximum Gasteiger partial charge on any atom is 0.303 e. The Balaban J connectivity index is 2.30. The Kier molecular flexibility index (Phi) is 3.91. The fraction of sp³-hybridized carbons (Fsp3) is 0.400. The topological polar surface area (TPSA) is 62.2 Å². The highest BCUT2D eigenvalue weighted by atomic mass is 16.4. The van der Waals surface area contributed by atoms with Crippen molar-refractivity contribution in [2.24, 2.45) is 5.92 Å². The molecule has 4 heteroatoms. The molecular formula is C10H14N2O2. The fourth-order valence-corrected chi connectivity index (χ4v) is 1.13. The van der Waals surface area contributed by atoms with E-state index in [-0.39, 0.29) is 12.3 Å². The maximum absolute atomic E-state index is 10.4. The summed E-state index contributed by atoms with van der Waals surface area (Å²) in [5.74, 6) is -0.630. The van der Waals surface area contributed by atoms with Crippen LogP contribution in [0.4, 0.5) is 5.69 Å². The molecule has 2 N–H and O–H groups in total. The lowest BCUT2D eigenvalue weighted by molar-refractivity contribution is -0.137. The standard InChI is InChI=1S/C10H14N2O2/c1-8(6-10(13)14)7-12-9-2-4-11-5-3-9/h2-5,8H,6-7H2,1H3,(H,11,12)(H,13,14). The number of pyridine rings is 1. The van der Waals surface area contributed by atoms with Crippen LogP contribution in [0.25, 0.3) is 0 Å². The first-order chi connectivity index (χ1) is 6.68. The predicted molar refractivity (Wildman–Crippen MR) is 54.1 cm³/mol. The van der Waals surface area contributed by atoms with Crippen molar-refractivity contribution in [1.82, 2.24) is 4.98 Å². The number of hydrogen-bond donors (Lipinski definition) is 2. The molecule has 0 radical (unpaired) electrons. The average Bonchev–Trinajstić information content (AvgIpc) is 2.15. The number of anilines is 1. The van der Waals surface area contributed by atoms with Gasteiger partial charge in [-0.3, -0.25) is 9.78 Å². The Morgan fingerprint density at radius 1 is 1.57 bits per heavy atom. The van der Waals surface area contributed by atoms with Crippen LogP contribution < -0.4 is 5.32 Å². The molecule has 0 aliphatic carbocycles. The number of nitrogens with one attached hydrogen (secondary N) is 1. The third kappa shape index (κ3) is 3.89. The van der Waals surface area contributed by atoms with Crippen molar-refractivity contribution in [1.29, 1.82) is 0 Å². The van der Waals surface area contributed by atoms with Crippen LogP contribution in [0.3, 0.4) is 0 Å². The summed E-state index contributed by atoms with van der Waals surface area (Å²) < 4.78 is 0. The number of carboxylic acids is 1. The fourth-order valence-electron chi connectivity index (χ4n) is 1.13. The molecule has 1 heterocycles. The van der Waals surface area contributed by atoms with E-state index in [0.717, 1.165) is 5.69 Å². The minimum atomic E-state index is -0.756. The Morgan fingerprint density at radius 3 is 2.79 bits per heavy atom. The second-order valence-electron chi connectivity index (χ2n) is 3.32. The lowest BCUT2D eigenvalue weighted by atomic mass is 10.1. The smallest absolute Gasteiger partial charge is 0.303 e. The van der Waals surface area contributed by atoms with Gasteiger partial charge in [0.2, 0.25) is 0 Å². The molecule has 0 bridgehead atoms. The molecule has 4 nitrogen and oxygen atoms in total. The molecule has 0 amide bonds. The zero-order valence-corrected chi connectivity index (χ0v) is 8.10. The predicted octanol–water partition coefficient (Wildman–Crippen LogP) is 1.60. The Labute approximate surface area is 83.0 Å². The Hall–Kier alpha value is -1.58. The van der Waals surface area contributed by atoms with Gasteiger partial charge in [0, 0.05) is 31.0 Å². The summed E-state index contributed by atoms with van der Waals surface area (Å²) in [5, 5.41) is 11.7. The average molecular weight is 194 g/mol. The molecule has 1 atom stereocenters. The van der Waals surface area contributed by atoms with E-state index in [0.29, 0.717) is 6.54 Å². The van der Waals surface area contributed by atoms with Gasteiger partial charge < -0.3 is 10.4 Å². The summed E-state index contributed by atoms with van der Waals surface area (Å²) in [4.78, 5) is 14.3. The van der Waals surface area contributed by atoms with Gasteiger partial charge in [0.15, 0.2) is 0 Å². The van der Waals surface area contributed by atoms with Crippen molar-refractivity contribution in [3.05, 3.63) is 24.5 Å². The van der Waals surface area contributed by atoms with Gasteiger partial charge in [-0.05, 0) is 18.1 Å². The molecule has 1 aromatic heterocycles. The minimum absolute atomic E-state index is 0.126. The molecule has 1 aromatic rings. The van der Waals surface area contributed by atoms with Crippen molar-refractivity contribution in [2.75, 3.05) is 11.9 Å². The van der Waals surface area contributed by atoms with Gasteiger partial charge in [0.1, 0.15) is 0 Å². The molecular weight excluding hydrogens is 180 g/mol. The zero-order chi connectivity index (χ0) is 10.4. The van der Waals surface area contributed by atoms with Gasteiger partial charge in [-0.2, -0.15) is 0 Å². The van der Waals surface area contributed by atoms with Crippen molar-refractivity contribution in [3.8, 4) is 0 Å². The van der Waals surface area contributed by atoms with Gasteiger partial charge in [-0.1, -0.05) is 6.92 Å². The van der Waals surface area contributed by atoms with E-state index < -0.39 is 5.97 Å². The van der Waals surface area contributed by atoms with Gasteiger partial charge >= 0.3 is 5.97 Å². The molecule has 0 fully saturated rings. The summed E-state index contributed by atoms with van der Waals surface area (Å²) in [7, 11) is 0. The van der Waals surface area contributed by atoms with E-state index in [9.17, 15) is 4.79 Å². The van der Waals surface area contributed by atoms with E-state index in [1.807, 2.05) is 19.1 Å². The zero-order valence-electron chi connectivity index (χ0n) is 8.10. The molecule has 1 rings (SSSR count). The third-order valence-corrected chi connectivity index (χ3v) is 1.86. The van der Waals surface area contributed by atoms with E-state index in [1.165, 1.54) is 0 Å². The quantitative estimate of drug-likeness (QED) is 0.747. The summed E-state index contributed by atoms with van der Waals surface area (Å²) in [5.41, 5.74) is 0.970. The van der Waals surface area contributed by atoms with Crippen molar-refractivity contribution >= 4 is 11.7 Å². The van der Waals surface area contributed by atoms with Crippen LogP contribution in [-0.2, 0) is 4.79 Å². The lowest BCUT2D eigenvalue weighted by Crippen LogP contribution is -2.14. The molecule has 1 unspecified atom stereocenters. The normalized spacial score (nSPS) is 12.1. The summed E-state index contributed by atoms with van der Waals surface area (Å²) in [6, 6.07) is 3.71. The number of nitrogens with zero attached hydrogens (tertiary/aromatic N) is 1. The van der Waals surface area contributed by atoms with E-state index in [2.05, 4.69) is 10.3 Å². The van der Waals surface area contributed by atoms with Crippen LogP contribution >= 0.6 is 0 Å². The van der Waals surface area contributed by atoms with E-state index in [1.54, 1.807) is 12.4 Å². The van der Waals surface area contributed by atoms with Crippen LogP contribution in [0.15, 0.2) is 24.5 Å². The van der Waals surface area contributed by atoms with Crippen LogP contribution in [0, 0.1) is 5.92 Å². The molecule has 0 aliphatic heterocycles. The van der Waals surface area contributed by atoms with Crippen molar-refractivity contribution in [3.63, 3.8) is 0 Å². The Bertz CT molecular complexity index is 287. The number of rotatable bonds is 5. The van der Waals surface area contributed by atoms with E-state index >= 15 is 0 Å². The highest BCUT2D eigenvalue weighted by Gasteiger charge is 2.06. The van der Waals surface area contributed by atoms with Gasteiger partial charge in [0.05, 0.1) is 0 Å². The molecule has 14 heavy (non-hydrogen) atoms. The highest BCUT2D eigenvalue weighted by Crippen LogP contribution is 2.07. The third-order valence-electron chi connectivity index (χ3n) is 1.86. The SMILES string of the molecule is CC(CNc1ccncc1)CC(=O)O. The number of hydrogen-bond acceptors (Lipinski definition) is 3. The van der Waals surface area contributed by atoms with Gasteiger partial charge in [0.25, 0.3) is 0 Å². The second-order valence-corrected chi connectivity index (χ2v) is 3.32. The molecule has 0 saturated heterocycles. The number of aromatic nitrogens is 1. The molecule has 0 saturated carbocycles. The van der Waals surface area contributed by atoms with Crippen LogP contribution in [0.2, 0.25) is 0 Å². The largest absolute Gasteiger partial charge is 0.481 e. The van der Waals surface area contributed by atoms with Crippen LogP contribution in [-0.4, -0.2) is 22.6 Å². The first-order valence-electron chi connectivity index (χ1n) is 4.54. The molecule has 0 spiro atoms. The number of carbonyl (C=O) groups is 1.